The first-order valence-electron chi connectivity index (χ1n) is 7.99. The predicted octanol–water partition coefficient (Wildman–Crippen LogP) is 2.26. The van der Waals surface area contributed by atoms with Crippen LogP contribution >= 0.6 is 11.3 Å². The van der Waals surface area contributed by atoms with Gasteiger partial charge in [0.05, 0.1) is 12.4 Å². The summed E-state index contributed by atoms with van der Waals surface area (Å²) in [5, 5.41) is 13.7. The molecule has 1 fully saturated rings. The highest BCUT2D eigenvalue weighted by molar-refractivity contribution is 7.16. The first kappa shape index (κ1) is 16.6. The molecule has 1 amide bonds. The number of amides is 1. The van der Waals surface area contributed by atoms with E-state index in [1.165, 1.54) is 11.3 Å². The van der Waals surface area contributed by atoms with E-state index in [-0.39, 0.29) is 18.2 Å². The Hall–Kier alpha value is -2.22. The molecule has 1 N–H and O–H groups in total. The first-order valence-corrected chi connectivity index (χ1v) is 8.80. The number of likely N-dealkylation sites (tertiary alicyclic amines) is 1. The average Bonchev–Trinajstić information content (AvgIpc) is 3.21. The third-order valence-electron chi connectivity index (χ3n) is 4.24. The number of carbonyl (C=O) groups is 2. The van der Waals surface area contributed by atoms with Crippen LogP contribution < -0.4 is 0 Å². The van der Waals surface area contributed by atoms with E-state index in [0.717, 1.165) is 30.0 Å². The van der Waals surface area contributed by atoms with Gasteiger partial charge in [-0.2, -0.15) is 5.10 Å². The van der Waals surface area contributed by atoms with E-state index in [2.05, 4.69) is 10.1 Å². The third-order valence-corrected chi connectivity index (χ3v) is 5.28. The highest BCUT2D eigenvalue weighted by Gasteiger charge is 2.26. The molecule has 24 heavy (non-hydrogen) atoms. The van der Waals surface area contributed by atoms with Crippen molar-refractivity contribution < 1.29 is 14.7 Å². The largest absolute Gasteiger partial charge is 0.481 e. The van der Waals surface area contributed by atoms with Crippen molar-refractivity contribution in [1.29, 1.82) is 0 Å². The van der Waals surface area contributed by atoms with Crippen molar-refractivity contribution in [3.05, 3.63) is 23.5 Å². The van der Waals surface area contributed by atoms with Crippen LogP contribution in [-0.4, -0.2) is 49.7 Å². The maximum absolute atomic E-state index is 12.7. The molecule has 8 heteroatoms. The number of hydrogen-bond donors (Lipinski definition) is 1. The number of aliphatic carboxylic acids is 1. The average molecular weight is 348 g/mol. The van der Waals surface area contributed by atoms with Crippen molar-refractivity contribution in [2.75, 3.05) is 13.1 Å². The van der Waals surface area contributed by atoms with E-state index >= 15 is 0 Å². The summed E-state index contributed by atoms with van der Waals surface area (Å²) in [5.74, 6) is -0.519. The normalized spacial score (nSPS) is 17.9. The number of aryl methyl sites for hydroxylation is 1. The summed E-state index contributed by atoms with van der Waals surface area (Å²) in [6.07, 6.45) is 7.92. The summed E-state index contributed by atoms with van der Waals surface area (Å²) in [7, 11) is 1.84. The van der Waals surface area contributed by atoms with Gasteiger partial charge in [-0.1, -0.05) is 0 Å². The van der Waals surface area contributed by atoms with E-state index in [9.17, 15) is 9.59 Å². The molecule has 0 spiro atoms. The van der Waals surface area contributed by atoms with E-state index in [4.69, 9.17) is 5.11 Å². The number of carbonyl (C=O) groups excluding carboxylic acids is 1. The van der Waals surface area contributed by atoms with Gasteiger partial charge < -0.3 is 10.0 Å². The van der Waals surface area contributed by atoms with Gasteiger partial charge in [0.25, 0.3) is 5.91 Å². The summed E-state index contributed by atoms with van der Waals surface area (Å²) in [4.78, 5) is 30.2. The van der Waals surface area contributed by atoms with Gasteiger partial charge in [0.15, 0.2) is 0 Å². The Kier molecular flexibility index (Phi) is 4.94. The zero-order valence-electron chi connectivity index (χ0n) is 13.5. The van der Waals surface area contributed by atoms with Crippen LogP contribution in [0.4, 0.5) is 0 Å². The molecule has 0 bridgehead atoms. The van der Waals surface area contributed by atoms with Crippen LogP contribution in [0.15, 0.2) is 18.6 Å². The highest BCUT2D eigenvalue weighted by atomic mass is 32.1. The Morgan fingerprint density at radius 1 is 1.42 bits per heavy atom. The Balaban J connectivity index is 1.65. The maximum Gasteiger partial charge on any atom is 0.303 e. The lowest BCUT2D eigenvalue weighted by Gasteiger charge is -2.32. The minimum absolute atomic E-state index is 0.0114. The predicted molar refractivity (Wildman–Crippen MR) is 89.8 cm³/mol. The van der Waals surface area contributed by atoms with Crippen molar-refractivity contribution in [2.45, 2.75) is 25.7 Å². The summed E-state index contributed by atoms with van der Waals surface area (Å²) < 4.78 is 1.70. The molecule has 1 atom stereocenters. The van der Waals surface area contributed by atoms with Crippen LogP contribution in [-0.2, 0) is 11.8 Å². The number of carboxylic acids is 1. The molecule has 0 radical (unpaired) electrons. The molecule has 128 valence electrons. The Labute approximate surface area is 143 Å². The third kappa shape index (κ3) is 3.81. The van der Waals surface area contributed by atoms with Gasteiger partial charge in [-0.25, -0.2) is 4.98 Å². The lowest BCUT2D eigenvalue weighted by Crippen LogP contribution is -2.39. The van der Waals surface area contributed by atoms with Gasteiger partial charge in [0.2, 0.25) is 0 Å². The minimum Gasteiger partial charge on any atom is -0.481 e. The van der Waals surface area contributed by atoms with E-state index in [0.29, 0.717) is 17.8 Å². The summed E-state index contributed by atoms with van der Waals surface area (Å²) in [6.45, 7) is 1.36. The lowest BCUT2D eigenvalue weighted by atomic mass is 9.93. The number of rotatable bonds is 5. The van der Waals surface area contributed by atoms with Gasteiger partial charge in [-0.15, -0.1) is 11.3 Å². The van der Waals surface area contributed by atoms with Crippen molar-refractivity contribution in [3.8, 4) is 10.6 Å². The molecule has 2 aromatic rings. The summed E-state index contributed by atoms with van der Waals surface area (Å²) in [5.41, 5.74) is 0.902. The fourth-order valence-corrected chi connectivity index (χ4v) is 3.87. The number of piperidine rings is 1. The fourth-order valence-electron chi connectivity index (χ4n) is 3.01. The standard InChI is InChI=1S/C16H20N4O3S/c1-19-10-12(7-18-19)15-17-8-13(24-15)16(23)20-6-2-3-11(9-20)4-5-14(21)22/h7-8,10-11H,2-6,9H2,1H3,(H,21,22)/t11-/m0/s1. The summed E-state index contributed by atoms with van der Waals surface area (Å²) in [6, 6.07) is 0. The molecule has 1 aliphatic rings. The summed E-state index contributed by atoms with van der Waals surface area (Å²) >= 11 is 1.37. The second kappa shape index (κ2) is 7.12. The Morgan fingerprint density at radius 3 is 2.96 bits per heavy atom. The number of aromatic nitrogens is 3. The van der Waals surface area contributed by atoms with Gasteiger partial charge in [-0.3, -0.25) is 14.3 Å². The Morgan fingerprint density at radius 2 is 2.25 bits per heavy atom. The van der Waals surface area contributed by atoms with Crippen LogP contribution in [0.25, 0.3) is 10.6 Å². The van der Waals surface area contributed by atoms with Crippen LogP contribution in [0, 0.1) is 5.92 Å². The van der Waals surface area contributed by atoms with Gasteiger partial charge in [-0.05, 0) is 25.2 Å². The SMILES string of the molecule is Cn1cc(-c2ncc(C(=O)N3CCC[C@@H](CCC(=O)O)C3)s2)cn1. The second-order valence-electron chi connectivity index (χ2n) is 6.12. The van der Waals surface area contributed by atoms with Crippen molar-refractivity contribution in [2.24, 2.45) is 13.0 Å². The number of hydrogen-bond acceptors (Lipinski definition) is 5. The van der Waals surface area contributed by atoms with Crippen molar-refractivity contribution in [3.63, 3.8) is 0 Å². The monoisotopic (exact) mass is 348 g/mol. The van der Waals surface area contributed by atoms with Crippen molar-refractivity contribution >= 4 is 23.2 Å². The molecule has 2 aromatic heterocycles. The molecular weight excluding hydrogens is 328 g/mol. The molecule has 7 nitrogen and oxygen atoms in total. The number of carboxylic acid groups (broad SMARTS) is 1. The molecule has 3 rings (SSSR count). The Bertz CT molecular complexity index is 739. The highest BCUT2D eigenvalue weighted by Crippen LogP contribution is 2.27. The van der Waals surface area contributed by atoms with Gasteiger partial charge >= 0.3 is 5.97 Å². The molecule has 1 aliphatic heterocycles. The molecule has 0 aromatic carbocycles. The maximum atomic E-state index is 12.7. The second-order valence-corrected chi connectivity index (χ2v) is 7.15. The van der Waals surface area contributed by atoms with E-state index in [1.54, 1.807) is 17.1 Å². The molecular formula is C16H20N4O3S. The molecule has 0 unspecified atom stereocenters. The topological polar surface area (TPSA) is 88.3 Å². The first-order chi connectivity index (χ1) is 11.5. The molecule has 1 saturated heterocycles. The minimum atomic E-state index is -0.776. The van der Waals surface area contributed by atoms with Crippen LogP contribution in [0.5, 0.6) is 0 Å². The van der Waals surface area contributed by atoms with Gasteiger partial charge in [0, 0.05) is 38.3 Å². The fraction of sp³-hybridized carbons (Fsp3) is 0.500. The molecule has 3 heterocycles. The van der Waals surface area contributed by atoms with Crippen LogP contribution in [0.3, 0.4) is 0 Å². The van der Waals surface area contributed by atoms with Gasteiger partial charge in [0.1, 0.15) is 9.88 Å². The van der Waals surface area contributed by atoms with Crippen LogP contribution in [0.1, 0.15) is 35.4 Å². The molecule has 0 saturated carbocycles. The smallest absolute Gasteiger partial charge is 0.303 e. The van der Waals surface area contributed by atoms with Crippen LogP contribution in [0.2, 0.25) is 0 Å². The molecule has 0 aliphatic carbocycles. The quantitative estimate of drug-likeness (QED) is 0.895. The zero-order chi connectivity index (χ0) is 17.1. The van der Waals surface area contributed by atoms with E-state index in [1.807, 2.05) is 18.1 Å². The van der Waals surface area contributed by atoms with Crippen molar-refractivity contribution in [1.82, 2.24) is 19.7 Å². The lowest BCUT2D eigenvalue weighted by molar-refractivity contribution is -0.137. The number of nitrogens with zero attached hydrogens (tertiary/aromatic N) is 4. The number of thiazole rings is 1. The van der Waals surface area contributed by atoms with E-state index < -0.39 is 5.97 Å². The zero-order valence-corrected chi connectivity index (χ0v) is 14.3.